The van der Waals surface area contributed by atoms with E-state index in [1.165, 1.54) is 5.56 Å². The molecule has 2 rings (SSSR count). The van der Waals surface area contributed by atoms with Crippen molar-refractivity contribution in [3.8, 4) is 11.5 Å². The Morgan fingerprint density at radius 1 is 1.06 bits per heavy atom. The molecule has 0 atom stereocenters. The van der Waals surface area contributed by atoms with Gasteiger partial charge in [-0.25, -0.2) is 0 Å². The number of hydrogen-bond acceptors (Lipinski definition) is 2. The molecule has 0 radical (unpaired) electrons. The topological polar surface area (TPSA) is 26.3 Å². The van der Waals surface area contributed by atoms with Gasteiger partial charge in [-0.1, -0.05) is 29.3 Å². The van der Waals surface area contributed by atoms with Crippen LogP contribution < -0.4 is 4.74 Å². The minimum Gasteiger partial charge on any atom is -0.456 e. The standard InChI is InChI=1S/C15H13ClO2/c1-10-3-5-14(11(2)7-10)18-15-6-4-13(16)8-12(15)9-17/h3-9H,1-2H3. The number of aryl methyl sites for hydroxylation is 2. The number of carbonyl (C=O) groups excluding carboxylic acids is 1. The van der Waals surface area contributed by atoms with Crippen molar-refractivity contribution in [2.45, 2.75) is 13.8 Å². The fourth-order valence-corrected chi connectivity index (χ4v) is 1.92. The predicted molar refractivity (Wildman–Crippen MR) is 72.8 cm³/mol. The molecule has 92 valence electrons. The van der Waals surface area contributed by atoms with E-state index in [1.54, 1.807) is 18.2 Å². The van der Waals surface area contributed by atoms with Gasteiger partial charge >= 0.3 is 0 Å². The van der Waals surface area contributed by atoms with E-state index in [9.17, 15) is 4.79 Å². The van der Waals surface area contributed by atoms with Crippen molar-refractivity contribution < 1.29 is 9.53 Å². The average Bonchev–Trinajstić information content (AvgIpc) is 2.34. The molecule has 0 bridgehead atoms. The van der Waals surface area contributed by atoms with Crippen LogP contribution in [0.3, 0.4) is 0 Å². The molecule has 2 nitrogen and oxygen atoms in total. The third-order valence-corrected chi connectivity index (χ3v) is 2.88. The predicted octanol–water partition coefficient (Wildman–Crippen LogP) is 4.56. The highest BCUT2D eigenvalue weighted by Crippen LogP contribution is 2.29. The van der Waals surface area contributed by atoms with Gasteiger partial charge in [-0.2, -0.15) is 0 Å². The average molecular weight is 261 g/mol. The van der Waals surface area contributed by atoms with Crippen LogP contribution in [-0.4, -0.2) is 6.29 Å². The molecule has 0 unspecified atom stereocenters. The lowest BCUT2D eigenvalue weighted by Gasteiger charge is -2.11. The van der Waals surface area contributed by atoms with E-state index in [4.69, 9.17) is 16.3 Å². The zero-order chi connectivity index (χ0) is 13.1. The Bertz CT molecular complexity index is 591. The van der Waals surface area contributed by atoms with Gasteiger partial charge in [-0.3, -0.25) is 4.79 Å². The maximum Gasteiger partial charge on any atom is 0.153 e. The van der Waals surface area contributed by atoms with Gasteiger partial charge in [0.05, 0.1) is 5.56 Å². The van der Waals surface area contributed by atoms with Crippen molar-refractivity contribution in [1.29, 1.82) is 0 Å². The monoisotopic (exact) mass is 260 g/mol. The Kier molecular flexibility index (Phi) is 3.68. The number of ether oxygens (including phenoxy) is 1. The lowest BCUT2D eigenvalue weighted by molar-refractivity contribution is 0.112. The first-order valence-electron chi connectivity index (χ1n) is 5.60. The summed E-state index contributed by atoms with van der Waals surface area (Å²) in [5.74, 6) is 1.26. The zero-order valence-electron chi connectivity index (χ0n) is 10.2. The summed E-state index contributed by atoms with van der Waals surface area (Å²) in [5, 5.41) is 0.519. The van der Waals surface area contributed by atoms with Crippen molar-refractivity contribution in [2.24, 2.45) is 0 Å². The third-order valence-electron chi connectivity index (χ3n) is 2.65. The molecule has 2 aromatic rings. The van der Waals surface area contributed by atoms with E-state index in [1.807, 2.05) is 32.0 Å². The van der Waals surface area contributed by atoms with Crippen molar-refractivity contribution in [1.82, 2.24) is 0 Å². The van der Waals surface area contributed by atoms with E-state index in [-0.39, 0.29) is 0 Å². The van der Waals surface area contributed by atoms with Crippen LogP contribution >= 0.6 is 11.6 Å². The highest BCUT2D eigenvalue weighted by Gasteiger charge is 2.07. The Balaban J connectivity index is 2.36. The minimum absolute atomic E-state index is 0.447. The molecule has 0 saturated heterocycles. The Labute approximate surface area is 111 Å². The van der Waals surface area contributed by atoms with Gasteiger partial charge in [-0.15, -0.1) is 0 Å². The maximum atomic E-state index is 11.0. The molecule has 0 N–H and O–H groups in total. The van der Waals surface area contributed by atoms with Crippen molar-refractivity contribution in [2.75, 3.05) is 0 Å². The van der Waals surface area contributed by atoms with Crippen molar-refractivity contribution >= 4 is 17.9 Å². The van der Waals surface area contributed by atoms with Crippen LogP contribution in [0.4, 0.5) is 0 Å². The molecular weight excluding hydrogens is 248 g/mol. The summed E-state index contributed by atoms with van der Waals surface area (Å²) in [6, 6.07) is 10.9. The fourth-order valence-electron chi connectivity index (χ4n) is 1.74. The molecule has 2 aromatic carbocycles. The molecular formula is C15H13ClO2. The van der Waals surface area contributed by atoms with E-state index in [0.717, 1.165) is 17.6 Å². The summed E-state index contributed by atoms with van der Waals surface area (Å²) in [7, 11) is 0. The van der Waals surface area contributed by atoms with Gasteiger partial charge in [0.1, 0.15) is 11.5 Å². The molecule has 0 aliphatic rings. The largest absolute Gasteiger partial charge is 0.456 e. The van der Waals surface area contributed by atoms with Gasteiger partial charge in [0.25, 0.3) is 0 Å². The minimum atomic E-state index is 0.447. The Morgan fingerprint density at radius 2 is 1.78 bits per heavy atom. The van der Waals surface area contributed by atoms with Crippen LogP contribution in [0.2, 0.25) is 5.02 Å². The second-order valence-corrected chi connectivity index (χ2v) is 4.61. The molecule has 0 fully saturated rings. The summed E-state index contributed by atoms with van der Waals surface area (Å²) in [5.41, 5.74) is 2.65. The van der Waals surface area contributed by atoms with Crippen LogP contribution in [0, 0.1) is 13.8 Å². The van der Waals surface area contributed by atoms with Crippen LogP contribution in [0.15, 0.2) is 36.4 Å². The molecule has 18 heavy (non-hydrogen) atoms. The van der Waals surface area contributed by atoms with Gasteiger partial charge in [0.15, 0.2) is 6.29 Å². The molecule has 0 saturated carbocycles. The van der Waals surface area contributed by atoms with Crippen LogP contribution in [0.5, 0.6) is 11.5 Å². The molecule has 0 aliphatic heterocycles. The maximum absolute atomic E-state index is 11.0. The molecule has 3 heteroatoms. The summed E-state index contributed by atoms with van der Waals surface area (Å²) in [6.45, 7) is 3.99. The SMILES string of the molecule is Cc1ccc(Oc2ccc(Cl)cc2C=O)c(C)c1. The fraction of sp³-hybridized carbons (Fsp3) is 0.133. The van der Waals surface area contributed by atoms with Gasteiger partial charge in [-0.05, 0) is 43.7 Å². The molecule has 0 aromatic heterocycles. The highest BCUT2D eigenvalue weighted by atomic mass is 35.5. The molecule has 0 spiro atoms. The van der Waals surface area contributed by atoms with Crippen molar-refractivity contribution in [3.63, 3.8) is 0 Å². The summed E-state index contributed by atoms with van der Waals surface area (Å²) in [4.78, 5) is 11.0. The van der Waals surface area contributed by atoms with Gasteiger partial charge in [0, 0.05) is 5.02 Å². The summed E-state index contributed by atoms with van der Waals surface area (Å²) < 4.78 is 5.75. The van der Waals surface area contributed by atoms with Crippen LogP contribution in [0.25, 0.3) is 0 Å². The molecule has 0 amide bonds. The zero-order valence-corrected chi connectivity index (χ0v) is 11.0. The first kappa shape index (κ1) is 12.7. The second kappa shape index (κ2) is 5.23. The highest BCUT2D eigenvalue weighted by molar-refractivity contribution is 6.30. The van der Waals surface area contributed by atoms with Crippen molar-refractivity contribution in [3.05, 3.63) is 58.1 Å². The molecule has 0 heterocycles. The first-order chi connectivity index (χ1) is 8.60. The Hall–Kier alpha value is -1.80. The number of halogens is 1. The Morgan fingerprint density at radius 3 is 2.44 bits per heavy atom. The lowest BCUT2D eigenvalue weighted by Crippen LogP contribution is -1.92. The van der Waals surface area contributed by atoms with Gasteiger partial charge in [0.2, 0.25) is 0 Å². The third kappa shape index (κ3) is 2.71. The second-order valence-electron chi connectivity index (χ2n) is 4.17. The van der Waals surface area contributed by atoms with E-state index in [0.29, 0.717) is 16.3 Å². The number of benzene rings is 2. The number of carbonyl (C=O) groups is 1. The van der Waals surface area contributed by atoms with E-state index in [2.05, 4.69) is 0 Å². The van der Waals surface area contributed by atoms with Gasteiger partial charge < -0.3 is 4.74 Å². The number of hydrogen-bond donors (Lipinski definition) is 0. The quantitative estimate of drug-likeness (QED) is 0.756. The van der Waals surface area contributed by atoms with E-state index < -0.39 is 0 Å². The number of aldehydes is 1. The normalized spacial score (nSPS) is 10.2. The summed E-state index contributed by atoms with van der Waals surface area (Å²) >= 11 is 5.84. The lowest BCUT2D eigenvalue weighted by atomic mass is 10.1. The first-order valence-corrected chi connectivity index (χ1v) is 5.98. The van der Waals surface area contributed by atoms with Crippen LogP contribution in [0.1, 0.15) is 21.5 Å². The van der Waals surface area contributed by atoms with Crippen LogP contribution in [-0.2, 0) is 0 Å². The molecule has 0 aliphatic carbocycles. The number of rotatable bonds is 3. The summed E-state index contributed by atoms with van der Waals surface area (Å²) in [6.07, 6.45) is 0.741. The smallest absolute Gasteiger partial charge is 0.153 e. The van der Waals surface area contributed by atoms with E-state index >= 15 is 0 Å².